The van der Waals surface area contributed by atoms with Gasteiger partial charge < -0.3 is 10.1 Å². The topological polar surface area (TPSA) is 92.8 Å². The maximum atomic E-state index is 12.5. The van der Waals surface area contributed by atoms with Gasteiger partial charge in [0.05, 0.1) is 11.1 Å². The van der Waals surface area contributed by atoms with Crippen molar-refractivity contribution < 1.29 is 23.9 Å². The summed E-state index contributed by atoms with van der Waals surface area (Å²) in [6, 6.07) is 3.99. The Hall–Kier alpha value is -2.70. The highest BCUT2D eigenvalue weighted by Crippen LogP contribution is 2.26. The number of ether oxygens (including phenoxy) is 1. The molecule has 1 fully saturated rings. The summed E-state index contributed by atoms with van der Waals surface area (Å²) in [5, 5.41) is 2.86. The molecule has 0 saturated heterocycles. The van der Waals surface area contributed by atoms with Crippen molar-refractivity contribution in [2.45, 2.75) is 58.0 Å². The first-order valence-electron chi connectivity index (χ1n) is 9.33. The van der Waals surface area contributed by atoms with E-state index in [1.165, 1.54) is 13.3 Å². The predicted octanol–water partition coefficient (Wildman–Crippen LogP) is 1.97. The Balaban J connectivity index is 1.57. The molecule has 1 atom stereocenters. The van der Waals surface area contributed by atoms with E-state index in [0.717, 1.165) is 36.1 Å². The van der Waals surface area contributed by atoms with Crippen molar-refractivity contribution in [3.05, 3.63) is 34.9 Å². The third-order valence-electron chi connectivity index (χ3n) is 5.12. The van der Waals surface area contributed by atoms with Gasteiger partial charge in [-0.05, 0) is 38.8 Å². The molecular formula is C20H24N2O5. The van der Waals surface area contributed by atoms with Crippen molar-refractivity contribution in [3.63, 3.8) is 0 Å². The Bertz CT molecular complexity index is 783. The number of carbonyl (C=O) groups excluding carboxylic acids is 4. The fourth-order valence-corrected chi connectivity index (χ4v) is 3.60. The Kier molecular flexibility index (Phi) is 5.58. The minimum atomic E-state index is -1.10. The molecule has 2 aliphatic rings. The Morgan fingerprint density at radius 2 is 1.81 bits per heavy atom. The summed E-state index contributed by atoms with van der Waals surface area (Å²) >= 11 is 0. The van der Waals surface area contributed by atoms with Gasteiger partial charge in [-0.3, -0.25) is 19.3 Å². The van der Waals surface area contributed by atoms with Gasteiger partial charge in [0.1, 0.15) is 6.04 Å². The number of aryl methyl sites for hydroxylation is 1. The summed E-state index contributed by atoms with van der Waals surface area (Å²) < 4.78 is 5.04. The van der Waals surface area contributed by atoms with Gasteiger partial charge in [-0.1, -0.05) is 30.9 Å². The molecule has 1 aliphatic heterocycles. The maximum Gasteiger partial charge on any atom is 0.329 e. The van der Waals surface area contributed by atoms with Crippen LogP contribution < -0.4 is 5.32 Å². The van der Waals surface area contributed by atoms with E-state index in [9.17, 15) is 19.2 Å². The third-order valence-corrected chi connectivity index (χ3v) is 5.12. The van der Waals surface area contributed by atoms with E-state index in [-0.39, 0.29) is 23.1 Å². The molecule has 1 aliphatic carbocycles. The van der Waals surface area contributed by atoms with Gasteiger partial charge in [0.25, 0.3) is 17.7 Å². The highest BCUT2D eigenvalue weighted by Gasteiger charge is 2.41. The summed E-state index contributed by atoms with van der Waals surface area (Å²) in [5.41, 5.74) is 1.42. The molecule has 1 aromatic rings. The van der Waals surface area contributed by atoms with Crippen molar-refractivity contribution in [2.75, 3.05) is 6.61 Å². The second-order valence-electron chi connectivity index (χ2n) is 7.22. The number of nitrogens with one attached hydrogen (secondary N) is 1. The number of hydrogen-bond donors (Lipinski definition) is 1. The van der Waals surface area contributed by atoms with Gasteiger partial charge >= 0.3 is 5.97 Å². The van der Waals surface area contributed by atoms with Crippen molar-refractivity contribution in [2.24, 2.45) is 0 Å². The van der Waals surface area contributed by atoms with Crippen LogP contribution in [0.15, 0.2) is 18.2 Å². The second-order valence-corrected chi connectivity index (χ2v) is 7.22. The largest absolute Gasteiger partial charge is 0.454 e. The summed E-state index contributed by atoms with van der Waals surface area (Å²) in [4.78, 5) is 50.2. The average molecular weight is 372 g/mol. The number of imide groups is 1. The zero-order chi connectivity index (χ0) is 19.6. The molecule has 0 radical (unpaired) electrons. The number of carbonyl (C=O) groups is 4. The number of hydrogen-bond acceptors (Lipinski definition) is 5. The molecule has 1 unspecified atom stereocenters. The van der Waals surface area contributed by atoms with E-state index in [1.54, 1.807) is 18.2 Å². The summed E-state index contributed by atoms with van der Waals surface area (Å²) in [6.45, 7) is 2.83. The van der Waals surface area contributed by atoms with E-state index in [2.05, 4.69) is 5.32 Å². The molecule has 1 N–H and O–H groups in total. The number of esters is 1. The minimum absolute atomic E-state index is 0.127. The molecule has 7 heteroatoms. The smallest absolute Gasteiger partial charge is 0.329 e. The van der Waals surface area contributed by atoms with Crippen molar-refractivity contribution in [3.8, 4) is 0 Å². The highest BCUT2D eigenvalue weighted by molar-refractivity contribution is 6.22. The molecule has 0 spiro atoms. The monoisotopic (exact) mass is 372 g/mol. The van der Waals surface area contributed by atoms with Crippen LogP contribution in [0.4, 0.5) is 0 Å². The van der Waals surface area contributed by atoms with E-state index in [4.69, 9.17) is 4.74 Å². The van der Waals surface area contributed by atoms with Crippen LogP contribution in [0.1, 0.15) is 65.3 Å². The first-order chi connectivity index (χ1) is 12.9. The maximum absolute atomic E-state index is 12.5. The molecule has 1 aromatic carbocycles. The van der Waals surface area contributed by atoms with Gasteiger partial charge in [-0.15, -0.1) is 0 Å². The molecule has 3 rings (SSSR count). The van der Waals surface area contributed by atoms with E-state index < -0.39 is 30.4 Å². The summed E-state index contributed by atoms with van der Waals surface area (Å²) in [6.07, 6.45) is 5.22. The molecule has 1 heterocycles. The van der Waals surface area contributed by atoms with Gasteiger partial charge in [0.2, 0.25) is 0 Å². The van der Waals surface area contributed by atoms with Crippen molar-refractivity contribution in [1.29, 1.82) is 0 Å². The second kappa shape index (κ2) is 7.90. The number of amides is 3. The highest BCUT2D eigenvalue weighted by atomic mass is 16.5. The lowest BCUT2D eigenvalue weighted by molar-refractivity contribution is -0.152. The molecule has 3 amide bonds. The first kappa shape index (κ1) is 19.1. The molecule has 7 nitrogen and oxygen atoms in total. The number of benzene rings is 1. The van der Waals surface area contributed by atoms with Crippen molar-refractivity contribution in [1.82, 2.24) is 10.2 Å². The molecule has 0 aromatic heterocycles. The van der Waals surface area contributed by atoms with Gasteiger partial charge in [-0.25, -0.2) is 4.79 Å². The Labute approximate surface area is 158 Å². The number of fused-ring (bicyclic) bond motifs is 1. The minimum Gasteiger partial charge on any atom is -0.454 e. The van der Waals surface area contributed by atoms with Gasteiger partial charge in [0.15, 0.2) is 6.61 Å². The van der Waals surface area contributed by atoms with Crippen LogP contribution in [0.2, 0.25) is 0 Å². The molecule has 1 saturated carbocycles. The fraction of sp³-hybridized carbons (Fsp3) is 0.500. The van der Waals surface area contributed by atoms with Crippen LogP contribution in [0.3, 0.4) is 0 Å². The predicted molar refractivity (Wildman–Crippen MR) is 97.1 cm³/mol. The average Bonchev–Trinajstić information content (AvgIpc) is 2.90. The number of rotatable bonds is 5. The normalized spacial score (nSPS) is 18.2. The van der Waals surface area contributed by atoms with E-state index in [0.29, 0.717) is 0 Å². The van der Waals surface area contributed by atoms with Crippen molar-refractivity contribution >= 4 is 23.7 Å². The Morgan fingerprint density at radius 3 is 2.52 bits per heavy atom. The lowest BCUT2D eigenvalue weighted by Crippen LogP contribution is -2.45. The molecule has 0 bridgehead atoms. The first-order valence-corrected chi connectivity index (χ1v) is 9.33. The molecular weight excluding hydrogens is 348 g/mol. The quantitative estimate of drug-likeness (QED) is 0.630. The lowest BCUT2D eigenvalue weighted by atomic mass is 9.95. The Morgan fingerprint density at radius 1 is 1.15 bits per heavy atom. The van der Waals surface area contributed by atoms with Crippen LogP contribution in [-0.4, -0.2) is 47.3 Å². The molecule has 144 valence electrons. The fourth-order valence-electron chi connectivity index (χ4n) is 3.60. The zero-order valence-corrected chi connectivity index (χ0v) is 15.6. The van der Waals surface area contributed by atoms with Crippen LogP contribution >= 0.6 is 0 Å². The van der Waals surface area contributed by atoms with Gasteiger partial charge in [0, 0.05) is 6.04 Å². The summed E-state index contributed by atoms with van der Waals surface area (Å²) in [5.74, 6) is -2.18. The standard InChI is InChI=1S/C20H24N2O5/c1-12-8-9-15-16(10-12)19(25)22(18(15)24)13(2)20(26)27-11-17(23)21-14-6-4-3-5-7-14/h8-10,13-14H,3-7,11H2,1-2H3,(H,21,23). The lowest BCUT2D eigenvalue weighted by Gasteiger charge is -2.23. The van der Waals surface area contributed by atoms with E-state index >= 15 is 0 Å². The van der Waals surface area contributed by atoms with Crippen LogP contribution in [0.25, 0.3) is 0 Å². The SMILES string of the molecule is Cc1ccc2c(c1)C(=O)N(C(C)C(=O)OCC(=O)NC1CCCCC1)C2=O. The van der Waals surface area contributed by atoms with Crippen LogP contribution in [0.5, 0.6) is 0 Å². The number of nitrogens with zero attached hydrogens (tertiary/aromatic N) is 1. The van der Waals surface area contributed by atoms with Crippen LogP contribution in [0, 0.1) is 6.92 Å². The van der Waals surface area contributed by atoms with E-state index in [1.807, 2.05) is 6.92 Å². The zero-order valence-electron chi connectivity index (χ0n) is 15.6. The third kappa shape index (κ3) is 4.02. The van der Waals surface area contributed by atoms with Crippen LogP contribution in [-0.2, 0) is 14.3 Å². The van der Waals surface area contributed by atoms with Gasteiger partial charge in [-0.2, -0.15) is 0 Å². The summed E-state index contributed by atoms with van der Waals surface area (Å²) in [7, 11) is 0. The molecule has 27 heavy (non-hydrogen) atoms.